The summed E-state index contributed by atoms with van der Waals surface area (Å²) in [6, 6.07) is 14.0. The Bertz CT molecular complexity index is 641. The molecule has 1 heterocycles. The van der Waals surface area contributed by atoms with Crippen molar-refractivity contribution in [2.75, 3.05) is 13.1 Å². The second kappa shape index (κ2) is 9.23. The summed E-state index contributed by atoms with van der Waals surface area (Å²) >= 11 is 1.64. The van der Waals surface area contributed by atoms with Gasteiger partial charge in [0.25, 0.3) is 0 Å². The highest BCUT2D eigenvalue weighted by molar-refractivity contribution is 7.09. The zero-order chi connectivity index (χ0) is 17.4. The van der Waals surface area contributed by atoms with Crippen LogP contribution in [-0.4, -0.2) is 34.7 Å². The van der Waals surface area contributed by atoms with E-state index in [1.54, 1.807) is 16.2 Å². The summed E-state index contributed by atoms with van der Waals surface area (Å²) in [6.07, 6.45) is 0.844. The van der Waals surface area contributed by atoms with Gasteiger partial charge in [-0.15, -0.1) is 11.3 Å². The molecule has 0 N–H and O–H groups in total. The Balaban J connectivity index is 2.11. The molecule has 0 spiro atoms. The summed E-state index contributed by atoms with van der Waals surface area (Å²) in [7, 11) is 0. The Morgan fingerprint density at radius 3 is 2.33 bits per heavy atom. The molecule has 2 rings (SSSR count). The lowest BCUT2D eigenvalue weighted by atomic mass is 10.2. The van der Waals surface area contributed by atoms with Crippen LogP contribution in [0.3, 0.4) is 0 Å². The lowest BCUT2D eigenvalue weighted by Gasteiger charge is -2.27. The minimum absolute atomic E-state index is 0.0177. The highest BCUT2D eigenvalue weighted by atomic mass is 32.1. The number of hydrogen-bond acceptors (Lipinski definition) is 3. The quantitative estimate of drug-likeness (QED) is 0.735. The second-order valence-corrected chi connectivity index (χ2v) is 6.79. The van der Waals surface area contributed by atoms with Gasteiger partial charge in [-0.2, -0.15) is 0 Å². The Kier molecular flexibility index (Phi) is 7.00. The molecule has 4 nitrogen and oxygen atoms in total. The molecule has 1 aromatic carbocycles. The van der Waals surface area contributed by atoms with Crippen LogP contribution in [0.5, 0.6) is 0 Å². The zero-order valence-corrected chi connectivity index (χ0v) is 15.1. The first kappa shape index (κ1) is 18.2. The molecule has 0 saturated carbocycles. The van der Waals surface area contributed by atoms with E-state index in [4.69, 9.17) is 0 Å². The maximum atomic E-state index is 12.8. The molecule has 5 heteroatoms. The van der Waals surface area contributed by atoms with E-state index in [0.29, 0.717) is 19.6 Å². The van der Waals surface area contributed by atoms with Gasteiger partial charge >= 0.3 is 0 Å². The Morgan fingerprint density at radius 1 is 1.00 bits per heavy atom. The fourth-order valence-electron chi connectivity index (χ4n) is 2.51. The smallest absolute Gasteiger partial charge is 0.242 e. The summed E-state index contributed by atoms with van der Waals surface area (Å²) in [5, 5.41) is 2.01. The predicted octanol–water partition coefficient (Wildman–Crippen LogP) is 3.54. The maximum Gasteiger partial charge on any atom is 0.242 e. The van der Waals surface area contributed by atoms with Gasteiger partial charge in [0.2, 0.25) is 11.8 Å². The van der Waals surface area contributed by atoms with Gasteiger partial charge in [0.1, 0.15) is 0 Å². The standard InChI is InChI=1S/C19H24N2O2S/c1-3-11-20(16(2)22)15-19(23)21(14-18-10-7-12-24-18)13-17-8-5-4-6-9-17/h4-10,12H,3,11,13-15H2,1-2H3. The molecule has 24 heavy (non-hydrogen) atoms. The van der Waals surface area contributed by atoms with E-state index < -0.39 is 0 Å². The van der Waals surface area contributed by atoms with Crippen LogP contribution in [0.25, 0.3) is 0 Å². The fraction of sp³-hybridized carbons (Fsp3) is 0.368. The molecule has 0 radical (unpaired) electrons. The van der Waals surface area contributed by atoms with Crippen LogP contribution in [0.2, 0.25) is 0 Å². The summed E-state index contributed by atoms with van der Waals surface area (Å²) in [5.74, 6) is -0.0723. The lowest BCUT2D eigenvalue weighted by Crippen LogP contribution is -2.41. The molecule has 0 atom stereocenters. The van der Waals surface area contributed by atoms with Crippen LogP contribution in [-0.2, 0) is 22.7 Å². The molecule has 128 valence electrons. The number of rotatable bonds is 8. The van der Waals surface area contributed by atoms with E-state index in [9.17, 15) is 9.59 Å². The van der Waals surface area contributed by atoms with Crippen LogP contribution in [0.15, 0.2) is 47.8 Å². The largest absolute Gasteiger partial charge is 0.334 e. The van der Waals surface area contributed by atoms with Crippen LogP contribution < -0.4 is 0 Å². The average Bonchev–Trinajstić information content (AvgIpc) is 3.07. The molecular formula is C19H24N2O2S. The van der Waals surface area contributed by atoms with Crippen molar-refractivity contribution < 1.29 is 9.59 Å². The van der Waals surface area contributed by atoms with Crippen LogP contribution in [0, 0.1) is 0 Å². The van der Waals surface area contributed by atoms with E-state index in [1.807, 2.05) is 59.7 Å². The third-order valence-corrected chi connectivity index (χ3v) is 4.62. The van der Waals surface area contributed by atoms with E-state index in [2.05, 4.69) is 0 Å². The number of nitrogens with zero attached hydrogens (tertiary/aromatic N) is 2. The van der Waals surface area contributed by atoms with Crippen molar-refractivity contribution in [3.05, 3.63) is 58.3 Å². The molecule has 2 aromatic rings. The van der Waals surface area contributed by atoms with Crippen molar-refractivity contribution in [2.45, 2.75) is 33.4 Å². The number of benzene rings is 1. The van der Waals surface area contributed by atoms with E-state index in [1.165, 1.54) is 6.92 Å². The van der Waals surface area contributed by atoms with Gasteiger partial charge in [0, 0.05) is 24.9 Å². The highest BCUT2D eigenvalue weighted by Crippen LogP contribution is 2.15. The highest BCUT2D eigenvalue weighted by Gasteiger charge is 2.19. The zero-order valence-electron chi connectivity index (χ0n) is 14.3. The first-order valence-corrected chi connectivity index (χ1v) is 9.07. The van der Waals surface area contributed by atoms with Gasteiger partial charge in [-0.1, -0.05) is 43.3 Å². The molecule has 0 aliphatic heterocycles. The molecule has 1 aromatic heterocycles. The third-order valence-electron chi connectivity index (χ3n) is 3.76. The van der Waals surface area contributed by atoms with Crippen LogP contribution in [0.1, 0.15) is 30.7 Å². The Labute approximate surface area is 147 Å². The van der Waals surface area contributed by atoms with Crippen molar-refractivity contribution in [2.24, 2.45) is 0 Å². The van der Waals surface area contributed by atoms with Gasteiger partial charge in [0.05, 0.1) is 13.1 Å². The Hall–Kier alpha value is -2.14. The Morgan fingerprint density at radius 2 is 1.75 bits per heavy atom. The average molecular weight is 344 g/mol. The number of hydrogen-bond donors (Lipinski definition) is 0. The van der Waals surface area contributed by atoms with E-state index >= 15 is 0 Å². The molecule has 0 aliphatic rings. The van der Waals surface area contributed by atoms with Crippen molar-refractivity contribution in [3.63, 3.8) is 0 Å². The van der Waals surface area contributed by atoms with E-state index in [-0.39, 0.29) is 18.4 Å². The normalized spacial score (nSPS) is 10.4. The second-order valence-electron chi connectivity index (χ2n) is 5.76. The molecule has 0 aliphatic carbocycles. The van der Waals surface area contributed by atoms with Crippen LogP contribution in [0.4, 0.5) is 0 Å². The first-order chi connectivity index (χ1) is 11.6. The predicted molar refractivity (Wildman–Crippen MR) is 97.6 cm³/mol. The van der Waals surface area contributed by atoms with Crippen molar-refractivity contribution in [3.8, 4) is 0 Å². The monoisotopic (exact) mass is 344 g/mol. The number of carbonyl (C=O) groups excluding carboxylic acids is 2. The maximum absolute atomic E-state index is 12.8. The van der Waals surface area contributed by atoms with E-state index in [0.717, 1.165) is 16.9 Å². The molecule has 0 unspecified atom stereocenters. The first-order valence-electron chi connectivity index (χ1n) is 8.19. The molecule has 0 bridgehead atoms. The topological polar surface area (TPSA) is 40.6 Å². The molecule has 0 fully saturated rings. The third kappa shape index (κ3) is 5.49. The van der Waals surface area contributed by atoms with Gasteiger partial charge in [-0.25, -0.2) is 0 Å². The van der Waals surface area contributed by atoms with Gasteiger partial charge < -0.3 is 9.80 Å². The fourth-order valence-corrected chi connectivity index (χ4v) is 3.23. The molecule has 0 saturated heterocycles. The summed E-state index contributed by atoms with van der Waals surface area (Å²) in [6.45, 7) is 5.40. The minimum Gasteiger partial charge on any atom is -0.334 e. The molecular weight excluding hydrogens is 320 g/mol. The molecule has 2 amide bonds. The SMILES string of the molecule is CCCN(CC(=O)N(Cc1ccccc1)Cc1cccs1)C(C)=O. The van der Waals surface area contributed by atoms with Gasteiger partial charge in [0.15, 0.2) is 0 Å². The lowest BCUT2D eigenvalue weighted by molar-refractivity contribution is -0.140. The van der Waals surface area contributed by atoms with Crippen molar-refractivity contribution in [1.29, 1.82) is 0 Å². The summed E-state index contributed by atoms with van der Waals surface area (Å²) < 4.78 is 0. The number of carbonyl (C=O) groups is 2. The van der Waals surface area contributed by atoms with Gasteiger partial charge in [-0.3, -0.25) is 9.59 Å². The van der Waals surface area contributed by atoms with Crippen molar-refractivity contribution >= 4 is 23.2 Å². The summed E-state index contributed by atoms with van der Waals surface area (Å²) in [5.41, 5.74) is 1.09. The van der Waals surface area contributed by atoms with Gasteiger partial charge in [-0.05, 0) is 23.4 Å². The summed E-state index contributed by atoms with van der Waals surface area (Å²) in [4.78, 5) is 29.1. The minimum atomic E-state index is -0.0546. The van der Waals surface area contributed by atoms with Crippen LogP contribution >= 0.6 is 11.3 Å². The van der Waals surface area contributed by atoms with Crippen molar-refractivity contribution in [1.82, 2.24) is 9.80 Å². The number of thiophene rings is 1. The number of amides is 2.